The first-order valence-corrected chi connectivity index (χ1v) is 10.0. The molecule has 0 spiro atoms. The Morgan fingerprint density at radius 1 is 0.893 bits per heavy atom. The largest absolute Gasteiger partial charge is 0.303 e. The molecule has 5 heteroatoms. The number of benzene rings is 2. The van der Waals surface area contributed by atoms with Gasteiger partial charge in [0.1, 0.15) is 5.82 Å². The molecular weight excluding hydrogens is 355 g/mol. The maximum atomic E-state index is 13.3. The van der Waals surface area contributed by atoms with Gasteiger partial charge in [-0.05, 0) is 81.1 Å². The molecule has 146 valence electrons. The molecule has 4 nitrogen and oxygen atoms in total. The lowest BCUT2D eigenvalue weighted by atomic mass is 9.90. The van der Waals surface area contributed by atoms with Crippen molar-refractivity contribution in [2.75, 3.05) is 26.2 Å². The lowest BCUT2D eigenvalue weighted by Gasteiger charge is -2.32. The van der Waals surface area contributed by atoms with E-state index in [1.807, 2.05) is 6.07 Å². The third-order valence-corrected chi connectivity index (χ3v) is 5.85. The van der Waals surface area contributed by atoms with Crippen LogP contribution in [-0.4, -0.2) is 47.8 Å². The molecule has 2 aromatic rings. The number of hydrogen-bond acceptors (Lipinski definition) is 3. The predicted molar refractivity (Wildman–Crippen MR) is 106 cm³/mol. The second-order valence-electron chi connectivity index (χ2n) is 7.78. The van der Waals surface area contributed by atoms with E-state index in [1.165, 1.54) is 11.0 Å². The highest BCUT2D eigenvalue weighted by atomic mass is 19.1. The smallest absolute Gasteiger partial charge is 0.261 e. The van der Waals surface area contributed by atoms with Crippen molar-refractivity contribution in [3.8, 4) is 0 Å². The van der Waals surface area contributed by atoms with Gasteiger partial charge in [0.15, 0.2) is 0 Å². The molecule has 0 unspecified atom stereocenters. The number of piperidine rings is 1. The van der Waals surface area contributed by atoms with Crippen LogP contribution in [0.1, 0.15) is 45.5 Å². The molecule has 2 aliphatic heterocycles. The lowest BCUT2D eigenvalue weighted by molar-refractivity contribution is 0.0644. The van der Waals surface area contributed by atoms with E-state index in [0.29, 0.717) is 23.6 Å². The second-order valence-corrected chi connectivity index (χ2v) is 7.78. The van der Waals surface area contributed by atoms with Crippen LogP contribution in [0.5, 0.6) is 0 Å². The number of halogens is 1. The average molecular weight is 380 g/mol. The third kappa shape index (κ3) is 3.99. The Morgan fingerprint density at radius 2 is 1.57 bits per heavy atom. The van der Waals surface area contributed by atoms with Crippen LogP contribution in [0.25, 0.3) is 0 Å². The summed E-state index contributed by atoms with van der Waals surface area (Å²) < 4.78 is 13.3. The summed E-state index contributed by atoms with van der Waals surface area (Å²) in [5, 5.41) is 0. The van der Waals surface area contributed by atoms with Crippen molar-refractivity contribution in [3.63, 3.8) is 0 Å². The number of imide groups is 1. The molecule has 2 heterocycles. The van der Waals surface area contributed by atoms with Crippen molar-refractivity contribution in [1.29, 1.82) is 0 Å². The van der Waals surface area contributed by atoms with Gasteiger partial charge < -0.3 is 4.90 Å². The summed E-state index contributed by atoms with van der Waals surface area (Å²) >= 11 is 0. The highest BCUT2D eigenvalue weighted by Gasteiger charge is 2.34. The van der Waals surface area contributed by atoms with E-state index in [0.717, 1.165) is 50.9 Å². The zero-order valence-electron chi connectivity index (χ0n) is 15.9. The van der Waals surface area contributed by atoms with E-state index < -0.39 is 0 Å². The summed E-state index contributed by atoms with van der Waals surface area (Å²) in [7, 11) is 0. The highest BCUT2D eigenvalue weighted by molar-refractivity contribution is 6.21. The molecule has 0 N–H and O–H groups in total. The average Bonchev–Trinajstić information content (AvgIpc) is 2.94. The van der Waals surface area contributed by atoms with Gasteiger partial charge in [-0.3, -0.25) is 14.5 Å². The molecule has 0 aliphatic carbocycles. The van der Waals surface area contributed by atoms with E-state index in [4.69, 9.17) is 0 Å². The van der Waals surface area contributed by atoms with Crippen molar-refractivity contribution in [3.05, 3.63) is 71.0 Å². The van der Waals surface area contributed by atoms with E-state index in [1.54, 1.807) is 36.4 Å². The SMILES string of the molecule is O=C1c2ccccc2C(=O)N1CCCN1CCC(Cc2cccc(F)c2)CC1. The normalized spacial score (nSPS) is 18.0. The molecule has 1 saturated heterocycles. The van der Waals surface area contributed by atoms with Crippen LogP contribution in [0.4, 0.5) is 4.39 Å². The summed E-state index contributed by atoms with van der Waals surface area (Å²) in [5.41, 5.74) is 2.11. The maximum Gasteiger partial charge on any atom is 0.261 e. The zero-order chi connectivity index (χ0) is 19.5. The third-order valence-electron chi connectivity index (χ3n) is 5.85. The summed E-state index contributed by atoms with van der Waals surface area (Å²) in [4.78, 5) is 28.6. The van der Waals surface area contributed by atoms with Crippen molar-refractivity contribution in [1.82, 2.24) is 9.80 Å². The second kappa shape index (κ2) is 8.23. The predicted octanol–water partition coefficient (Wildman–Crippen LogP) is 3.77. The summed E-state index contributed by atoms with van der Waals surface area (Å²) in [6, 6.07) is 13.9. The van der Waals surface area contributed by atoms with Gasteiger partial charge in [-0.25, -0.2) is 4.39 Å². The molecule has 2 aromatic carbocycles. The van der Waals surface area contributed by atoms with E-state index in [9.17, 15) is 14.0 Å². The molecule has 2 aliphatic rings. The van der Waals surface area contributed by atoms with Crippen LogP contribution >= 0.6 is 0 Å². The number of nitrogens with zero attached hydrogens (tertiary/aromatic N) is 2. The van der Waals surface area contributed by atoms with Crippen LogP contribution < -0.4 is 0 Å². The van der Waals surface area contributed by atoms with Gasteiger partial charge in [-0.1, -0.05) is 24.3 Å². The minimum atomic E-state index is -0.172. The van der Waals surface area contributed by atoms with Crippen molar-refractivity contribution >= 4 is 11.8 Å². The van der Waals surface area contributed by atoms with Gasteiger partial charge in [0, 0.05) is 6.54 Å². The van der Waals surface area contributed by atoms with Gasteiger partial charge in [0.2, 0.25) is 0 Å². The number of carbonyl (C=O) groups excluding carboxylic acids is 2. The fourth-order valence-electron chi connectivity index (χ4n) is 4.31. The van der Waals surface area contributed by atoms with Crippen LogP contribution in [-0.2, 0) is 6.42 Å². The van der Waals surface area contributed by atoms with Crippen LogP contribution in [0.2, 0.25) is 0 Å². The molecular formula is C23H25FN2O2. The fourth-order valence-corrected chi connectivity index (χ4v) is 4.31. The van der Waals surface area contributed by atoms with Gasteiger partial charge in [-0.2, -0.15) is 0 Å². The topological polar surface area (TPSA) is 40.6 Å². The number of amides is 2. The number of carbonyl (C=O) groups is 2. The molecule has 0 radical (unpaired) electrons. The van der Waals surface area contributed by atoms with Crippen molar-refractivity contribution in [2.45, 2.75) is 25.7 Å². The van der Waals surface area contributed by atoms with Gasteiger partial charge >= 0.3 is 0 Å². The van der Waals surface area contributed by atoms with E-state index in [-0.39, 0.29) is 17.6 Å². The number of likely N-dealkylation sites (tertiary alicyclic amines) is 1. The van der Waals surface area contributed by atoms with Crippen LogP contribution in [0, 0.1) is 11.7 Å². The summed E-state index contributed by atoms with van der Waals surface area (Å²) in [6.45, 7) is 3.39. The first kappa shape index (κ1) is 18.8. The summed E-state index contributed by atoms with van der Waals surface area (Å²) in [5.74, 6) is 0.0844. The molecule has 28 heavy (non-hydrogen) atoms. The van der Waals surface area contributed by atoms with Gasteiger partial charge in [0.05, 0.1) is 11.1 Å². The first-order chi connectivity index (χ1) is 13.6. The Morgan fingerprint density at radius 3 is 2.21 bits per heavy atom. The molecule has 0 aromatic heterocycles. The van der Waals surface area contributed by atoms with Gasteiger partial charge in [0.25, 0.3) is 11.8 Å². The minimum absolute atomic E-state index is 0.164. The zero-order valence-corrected chi connectivity index (χ0v) is 15.9. The fraction of sp³-hybridized carbons (Fsp3) is 0.391. The van der Waals surface area contributed by atoms with Crippen molar-refractivity contribution in [2.24, 2.45) is 5.92 Å². The Balaban J connectivity index is 1.21. The van der Waals surface area contributed by atoms with E-state index >= 15 is 0 Å². The maximum absolute atomic E-state index is 13.3. The molecule has 0 bridgehead atoms. The molecule has 0 saturated carbocycles. The summed E-state index contributed by atoms with van der Waals surface area (Å²) in [6.07, 6.45) is 3.92. The molecule has 0 atom stereocenters. The van der Waals surface area contributed by atoms with Crippen LogP contribution in [0.3, 0.4) is 0 Å². The number of rotatable bonds is 6. The monoisotopic (exact) mass is 380 g/mol. The van der Waals surface area contributed by atoms with Crippen LogP contribution in [0.15, 0.2) is 48.5 Å². The quantitative estimate of drug-likeness (QED) is 0.717. The molecule has 2 amide bonds. The number of hydrogen-bond donors (Lipinski definition) is 0. The van der Waals surface area contributed by atoms with Gasteiger partial charge in [-0.15, -0.1) is 0 Å². The number of fused-ring (bicyclic) bond motifs is 1. The standard InChI is InChI=1S/C23H25FN2O2/c24-19-6-3-5-18(16-19)15-17-9-13-25(14-10-17)11-4-12-26-22(27)20-7-1-2-8-21(20)23(26)28/h1-3,5-8,16-17H,4,9-15H2. The van der Waals surface area contributed by atoms with E-state index in [2.05, 4.69) is 4.90 Å². The Hall–Kier alpha value is -2.53. The van der Waals surface area contributed by atoms with Crippen molar-refractivity contribution < 1.29 is 14.0 Å². The molecule has 4 rings (SSSR count). The minimum Gasteiger partial charge on any atom is -0.303 e. The molecule has 1 fully saturated rings. The Kier molecular flexibility index (Phi) is 5.53. The Bertz CT molecular complexity index is 839. The Labute approximate surface area is 164 Å². The first-order valence-electron chi connectivity index (χ1n) is 10.0. The highest BCUT2D eigenvalue weighted by Crippen LogP contribution is 2.24. The lowest BCUT2D eigenvalue weighted by Crippen LogP contribution is -2.37.